The molecule has 4 aromatic rings. The summed E-state index contributed by atoms with van der Waals surface area (Å²) in [4.78, 5) is 29.8. The van der Waals surface area contributed by atoms with E-state index < -0.39 is 12.0 Å². The summed E-state index contributed by atoms with van der Waals surface area (Å²) < 4.78 is 29.7. The van der Waals surface area contributed by atoms with E-state index in [4.69, 9.17) is 14.2 Å². The maximum absolute atomic E-state index is 14.1. The van der Waals surface area contributed by atoms with Crippen LogP contribution in [0.4, 0.5) is 10.1 Å². The second-order valence-electron chi connectivity index (χ2n) is 9.40. The van der Waals surface area contributed by atoms with E-state index in [9.17, 15) is 14.0 Å². The van der Waals surface area contributed by atoms with Gasteiger partial charge in [0.25, 0.3) is 5.91 Å². The Morgan fingerprint density at radius 1 is 0.850 bits per heavy atom. The molecule has 1 heterocycles. The molecule has 40 heavy (non-hydrogen) atoms. The smallest absolute Gasteiger partial charge is 0.255 e. The number of amides is 2. The third kappa shape index (κ3) is 5.20. The third-order valence-corrected chi connectivity index (χ3v) is 7.10. The van der Waals surface area contributed by atoms with Crippen LogP contribution in [0.5, 0.6) is 17.2 Å². The molecule has 4 aromatic carbocycles. The van der Waals surface area contributed by atoms with Gasteiger partial charge in [-0.05, 0) is 59.2 Å². The molecule has 0 aliphatic carbocycles. The second kappa shape index (κ2) is 11.5. The molecule has 7 nitrogen and oxygen atoms in total. The number of methoxy groups -OCH3 is 3. The zero-order valence-corrected chi connectivity index (χ0v) is 22.4. The van der Waals surface area contributed by atoms with Crippen molar-refractivity contribution < 1.29 is 28.2 Å². The average Bonchev–Trinajstić information content (AvgIpc) is 2.99. The first kappa shape index (κ1) is 26.7. The van der Waals surface area contributed by atoms with Crippen molar-refractivity contribution in [3.63, 3.8) is 0 Å². The van der Waals surface area contributed by atoms with Gasteiger partial charge in [0.1, 0.15) is 11.6 Å². The van der Waals surface area contributed by atoms with Crippen molar-refractivity contribution in [2.45, 2.75) is 18.5 Å². The fourth-order valence-electron chi connectivity index (χ4n) is 5.14. The summed E-state index contributed by atoms with van der Waals surface area (Å²) in [6.07, 6.45) is 0. The van der Waals surface area contributed by atoms with Gasteiger partial charge in [0, 0.05) is 23.9 Å². The molecule has 2 atom stereocenters. The Bertz CT molecular complexity index is 1520. The van der Waals surface area contributed by atoms with Crippen molar-refractivity contribution in [3.05, 3.63) is 119 Å². The number of nitrogens with one attached hydrogen (secondary N) is 1. The van der Waals surface area contributed by atoms with E-state index in [2.05, 4.69) is 5.32 Å². The van der Waals surface area contributed by atoms with Gasteiger partial charge in [-0.25, -0.2) is 4.39 Å². The molecule has 0 unspecified atom stereocenters. The lowest BCUT2D eigenvalue weighted by Crippen LogP contribution is -2.45. The van der Waals surface area contributed by atoms with E-state index in [1.54, 1.807) is 73.7 Å². The Labute approximate surface area is 232 Å². The van der Waals surface area contributed by atoms with Gasteiger partial charge in [-0.1, -0.05) is 42.5 Å². The van der Waals surface area contributed by atoms with E-state index >= 15 is 0 Å². The Hall–Kier alpha value is -4.85. The van der Waals surface area contributed by atoms with Gasteiger partial charge in [0.2, 0.25) is 5.91 Å². The van der Waals surface area contributed by atoms with Gasteiger partial charge in [0.05, 0.1) is 33.3 Å². The second-order valence-corrected chi connectivity index (χ2v) is 9.40. The number of ether oxygens (including phenoxy) is 3. The standard InChI is InChI=1S/C32H29FN2O5/c1-38-24-15-10-21(11-16-24)30-29(31(36)34-23-14-17-27(39-2)28(18-23)40-3)25-6-4-5-7-26(25)32(37)35(30)19-20-8-12-22(33)13-9-20/h4-18,29-30H,19H2,1-3H3,(H,34,36)/t29-,30-/m0/s1. The molecule has 5 rings (SSSR count). The number of rotatable bonds is 8. The molecule has 1 aliphatic rings. The Morgan fingerprint density at radius 3 is 2.23 bits per heavy atom. The van der Waals surface area contributed by atoms with Crippen molar-refractivity contribution in [1.82, 2.24) is 4.90 Å². The minimum atomic E-state index is -0.754. The van der Waals surface area contributed by atoms with E-state index in [-0.39, 0.29) is 24.2 Å². The fourth-order valence-corrected chi connectivity index (χ4v) is 5.14. The summed E-state index contributed by atoms with van der Waals surface area (Å²) in [6.45, 7) is 0.185. The SMILES string of the molecule is COc1ccc([C@H]2[C@@H](C(=O)Nc3ccc(OC)c(OC)c3)c3ccccc3C(=O)N2Cc2ccc(F)cc2)cc1. The first-order valence-corrected chi connectivity index (χ1v) is 12.7. The molecule has 0 fully saturated rings. The number of hydrogen-bond acceptors (Lipinski definition) is 5. The molecule has 0 radical (unpaired) electrons. The summed E-state index contributed by atoms with van der Waals surface area (Å²) in [6, 6.07) is 25.0. The summed E-state index contributed by atoms with van der Waals surface area (Å²) in [7, 11) is 4.65. The normalized spacial score (nSPS) is 16.2. The first-order chi connectivity index (χ1) is 19.4. The van der Waals surface area contributed by atoms with Crippen LogP contribution in [-0.2, 0) is 11.3 Å². The molecule has 0 spiro atoms. The Morgan fingerprint density at radius 2 is 1.55 bits per heavy atom. The summed E-state index contributed by atoms with van der Waals surface area (Å²) in [5.74, 6) is 0.0457. The van der Waals surface area contributed by atoms with E-state index in [0.717, 1.165) is 11.1 Å². The molecule has 1 aliphatic heterocycles. The third-order valence-electron chi connectivity index (χ3n) is 7.10. The lowest BCUT2D eigenvalue weighted by Gasteiger charge is -2.42. The van der Waals surface area contributed by atoms with Crippen molar-refractivity contribution in [2.24, 2.45) is 0 Å². The van der Waals surface area contributed by atoms with Gasteiger partial charge in [-0.2, -0.15) is 0 Å². The number of nitrogens with zero attached hydrogens (tertiary/aromatic N) is 1. The van der Waals surface area contributed by atoms with Crippen LogP contribution in [0.2, 0.25) is 0 Å². The van der Waals surface area contributed by atoms with Crippen molar-refractivity contribution >= 4 is 17.5 Å². The monoisotopic (exact) mass is 540 g/mol. The van der Waals surface area contributed by atoms with Crippen LogP contribution < -0.4 is 19.5 Å². The molecule has 1 N–H and O–H groups in total. The van der Waals surface area contributed by atoms with E-state index in [1.165, 1.54) is 19.2 Å². The molecular weight excluding hydrogens is 511 g/mol. The molecular formula is C32H29FN2O5. The van der Waals surface area contributed by atoms with Crippen molar-refractivity contribution in [2.75, 3.05) is 26.6 Å². The van der Waals surface area contributed by atoms with Crippen molar-refractivity contribution in [3.8, 4) is 17.2 Å². The van der Waals surface area contributed by atoms with Gasteiger partial charge in [-0.15, -0.1) is 0 Å². The highest BCUT2D eigenvalue weighted by molar-refractivity contribution is 6.04. The fraction of sp³-hybridized carbons (Fsp3) is 0.188. The number of carbonyl (C=O) groups excluding carboxylic acids is 2. The molecule has 0 bridgehead atoms. The molecule has 8 heteroatoms. The molecule has 0 saturated carbocycles. The number of anilines is 1. The summed E-state index contributed by atoms with van der Waals surface area (Å²) in [5.41, 5.74) is 3.10. The number of carbonyl (C=O) groups is 2. The van der Waals surface area contributed by atoms with Gasteiger partial charge >= 0.3 is 0 Å². The number of hydrogen-bond donors (Lipinski definition) is 1. The molecule has 0 aromatic heterocycles. The highest BCUT2D eigenvalue weighted by Crippen LogP contribution is 2.44. The summed E-state index contributed by atoms with van der Waals surface area (Å²) >= 11 is 0. The van der Waals surface area contributed by atoms with Crippen LogP contribution >= 0.6 is 0 Å². The van der Waals surface area contributed by atoms with E-state index in [0.29, 0.717) is 34.1 Å². The highest BCUT2D eigenvalue weighted by atomic mass is 19.1. The lowest BCUT2D eigenvalue weighted by molar-refractivity contribution is -0.119. The summed E-state index contributed by atoms with van der Waals surface area (Å²) in [5, 5.41) is 3.02. The largest absolute Gasteiger partial charge is 0.497 e. The minimum absolute atomic E-state index is 0.185. The van der Waals surface area contributed by atoms with Crippen LogP contribution in [-0.4, -0.2) is 38.0 Å². The van der Waals surface area contributed by atoms with Crippen LogP contribution in [0.1, 0.15) is 39.0 Å². The highest BCUT2D eigenvalue weighted by Gasteiger charge is 2.44. The zero-order valence-electron chi connectivity index (χ0n) is 22.4. The maximum Gasteiger partial charge on any atom is 0.255 e. The predicted octanol–water partition coefficient (Wildman–Crippen LogP) is 5.97. The molecule has 204 valence electrons. The predicted molar refractivity (Wildman–Crippen MR) is 149 cm³/mol. The van der Waals surface area contributed by atoms with E-state index in [1.807, 2.05) is 24.3 Å². The first-order valence-electron chi connectivity index (χ1n) is 12.7. The van der Waals surface area contributed by atoms with Crippen molar-refractivity contribution in [1.29, 1.82) is 0 Å². The number of halogens is 1. The average molecular weight is 541 g/mol. The van der Waals surface area contributed by atoms with Crippen LogP contribution in [0.15, 0.2) is 91.0 Å². The number of fused-ring (bicyclic) bond motifs is 1. The van der Waals surface area contributed by atoms with Crippen LogP contribution in [0.25, 0.3) is 0 Å². The lowest BCUT2D eigenvalue weighted by atomic mass is 9.79. The minimum Gasteiger partial charge on any atom is -0.497 e. The van der Waals surface area contributed by atoms with Crippen LogP contribution in [0.3, 0.4) is 0 Å². The van der Waals surface area contributed by atoms with Gasteiger partial charge < -0.3 is 24.4 Å². The van der Waals surface area contributed by atoms with Crippen LogP contribution in [0, 0.1) is 5.82 Å². The van der Waals surface area contributed by atoms with Gasteiger partial charge in [-0.3, -0.25) is 9.59 Å². The Kier molecular flexibility index (Phi) is 7.68. The Balaban J connectivity index is 1.61. The number of benzene rings is 4. The molecule has 2 amide bonds. The topological polar surface area (TPSA) is 77.1 Å². The quantitative estimate of drug-likeness (QED) is 0.298. The van der Waals surface area contributed by atoms with Gasteiger partial charge in [0.15, 0.2) is 11.5 Å². The maximum atomic E-state index is 14.1. The molecule has 0 saturated heterocycles. The zero-order chi connectivity index (χ0) is 28.2.